The normalized spacial score (nSPS) is 10.2. The summed E-state index contributed by atoms with van der Waals surface area (Å²) >= 11 is 1.26. The summed E-state index contributed by atoms with van der Waals surface area (Å²) in [5.41, 5.74) is 1.37. The number of amides is 1. The molecule has 2 rings (SSSR count). The summed E-state index contributed by atoms with van der Waals surface area (Å²) in [5, 5.41) is 2.33. The second kappa shape index (κ2) is 10.5. The van der Waals surface area contributed by atoms with Crippen molar-refractivity contribution in [3.63, 3.8) is 0 Å². The molecule has 0 aliphatic rings. The molecule has 0 aliphatic heterocycles. The number of halogens is 1. The number of hydrogen-bond acceptors (Lipinski definition) is 6. The van der Waals surface area contributed by atoms with Gasteiger partial charge in [0, 0.05) is 16.9 Å². The van der Waals surface area contributed by atoms with Crippen molar-refractivity contribution in [3.05, 3.63) is 59.4 Å². The highest BCUT2D eigenvalue weighted by Crippen LogP contribution is 2.25. The lowest BCUT2D eigenvalue weighted by atomic mass is 10.1. The number of carbonyl (C=O) groups excluding carboxylic acids is 3. The number of thioether (sulfide) groups is 1. The number of para-hydroxylation sites is 1. The predicted molar refractivity (Wildman–Crippen MR) is 105 cm³/mol. The van der Waals surface area contributed by atoms with Crippen LogP contribution >= 0.6 is 11.8 Å². The van der Waals surface area contributed by atoms with Gasteiger partial charge in [-0.2, -0.15) is 0 Å². The zero-order valence-corrected chi connectivity index (χ0v) is 16.3. The zero-order chi connectivity index (χ0) is 20.5. The summed E-state index contributed by atoms with van der Waals surface area (Å²) in [6.45, 7) is 0.972. The van der Waals surface area contributed by atoms with E-state index in [4.69, 9.17) is 9.47 Å². The van der Waals surface area contributed by atoms with Crippen LogP contribution in [-0.2, 0) is 20.1 Å². The average Bonchev–Trinajstić information content (AvgIpc) is 2.68. The topological polar surface area (TPSA) is 81.7 Å². The monoisotopic (exact) mass is 405 g/mol. The van der Waals surface area contributed by atoms with E-state index in [2.05, 4.69) is 5.32 Å². The molecule has 148 valence electrons. The van der Waals surface area contributed by atoms with Crippen LogP contribution in [0.25, 0.3) is 0 Å². The van der Waals surface area contributed by atoms with Crippen LogP contribution in [-0.4, -0.2) is 37.1 Å². The van der Waals surface area contributed by atoms with Gasteiger partial charge in [-0.1, -0.05) is 12.1 Å². The van der Waals surface area contributed by atoms with Gasteiger partial charge in [-0.25, -0.2) is 4.39 Å². The number of methoxy groups -OCH3 is 1. The molecule has 0 saturated heterocycles. The van der Waals surface area contributed by atoms with Crippen molar-refractivity contribution in [1.82, 2.24) is 0 Å². The first-order valence-electron chi connectivity index (χ1n) is 8.36. The van der Waals surface area contributed by atoms with Gasteiger partial charge in [0.15, 0.2) is 12.4 Å². The zero-order valence-electron chi connectivity index (χ0n) is 15.5. The fourth-order valence-electron chi connectivity index (χ4n) is 2.29. The molecular formula is C20H20FNO5S. The molecule has 0 bridgehead atoms. The number of ether oxygens (including phenoxy) is 2. The van der Waals surface area contributed by atoms with E-state index < -0.39 is 24.3 Å². The first-order valence-corrected chi connectivity index (χ1v) is 9.51. The number of anilines is 1. The average molecular weight is 405 g/mol. The van der Waals surface area contributed by atoms with Crippen molar-refractivity contribution in [2.24, 2.45) is 0 Å². The van der Waals surface area contributed by atoms with Gasteiger partial charge < -0.3 is 14.8 Å². The summed E-state index contributed by atoms with van der Waals surface area (Å²) in [4.78, 5) is 35.0. The molecule has 0 spiro atoms. The third-order valence-electron chi connectivity index (χ3n) is 3.68. The minimum Gasteiger partial charge on any atom is -0.496 e. The number of benzene rings is 2. The molecule has 1 amide bonds. The van der Waals surface area contributed by atoms with E-state index in [1.54, 1.807) is 24.3 Å². The third kappa shape index (κ3) is 6.38. The Balaban J connectivity index is 1.78. The third-order valence-corrected chi connectivity index (χ3v) is 4.63. The Morgan fingerprint density at radius 2 is 1.89 bits per heavy atom. The maximum atomic E-state index is 13.5. The van der Waals surface area contributed by atoms with Crippen LogP contribution in [0.3, 0.4) is 0 Å². The first kappa shape index (κ1) is 21.4. The van der Waals surface area contributed by atoms with Crippen molar-refractivity contribution in [2.45, 2.75) is 12.7 Å². The Morgan fingerprint density at radius 3 is 2.57 bits per heavy atom. The van der Waals surface area contributed by atoms with E-state index in [1.807, 2.05) is 0 Å². The summed E-state index contributed by atoms with van der Waals surface area (Å²) in [6.07, 6.45) is 0. The van der Waals surface area contributed by atoms with Crippen LogP contribution in [0.4, 0.5) is 10.1 Å². The van der Waals surface area contributed by atoms with E-state index in [9.17, 15) is 18.8 Å². The highest BCUT2D eigenvalue weighted by atomic mass is 32.2. The molecule has 8 heteroatoms. The largest absolute Gasteiger partial charge is 0.496 e. The van der Waals surface area contributed by atoms with Crippen LogP contribution in [0.2, 0.25) is 0 Å². The van der Waals surface area contributed by atoms with Crippen LogP contribution in [0.1, 0.15) is 22.8 Å². The summed E-state index contributed by atoms with van der Waals surface area (Å²) in [6, 6.07) is 10.8. The molecule has 0 heterocycles. The maximum absolute atomic E-state index is 13.5. The minimum atomic E-state index is -0.626. The predicted octanol–water partition coefficient (Wildman–Crippen LogP) is 3.45. The van der Waals surface area contributed by atoms with Gasteiger partial charge in [-0.15, -0.1) is 11.8 Å². The maximum Gasteiger partial charge on any atom is 0.316 e. The number of nitrogens with one attached hydrogen (secondary N) is 1. The Hall–Kier alpha value is -2.87. The lowest BCUT2D eigenvalue weighted by Gasteiger charge is -2.10. The number of esters is 1. The van der Waals surface area contributed by atoms with Crippen LogP contribution in [0, 0.1) is 5.82 Å². The van der Waals surface area contributed by atoms with Crippen LogP contribution in [0.5, 0.6) is 5.75 Å². The van der Waals surface area contributed by atoms with Crippen molar-refractivity contribution in [2.75, 3.05) is 24.8 Å². The van der Waals surface area contributed by atoms with Crippen molar-refractivity contribution >= 4 is 35.1 Å². The molecule has 0 fully saturated rings. The highest BCUT2D eigenvalue weighted by Gasteiger charge is 2.12. The summed E-state index contributed by atoms with van der Waals surface area (Å²) in [5.74, 6) is -0.764. The van der Waals surface area contributed by atoms with Gasteiger partial charge >= 0.3 is 5.97 Å². The molecule has 0 saturated carbocycles. The fourth-order valence-corrected chi connectivity index (χ4v) is 3.09. The highest BCUT2D eigenvalue weighted by molar-refractivity contribution is 7.99. The standard InChI is InChI=1S/C20H20FNO5S/c1-13(23)14-7-8-18(26-2)15(9-14)11-28-12-20(25)27-10-19(24)22-17-6-4-3-5-16(17)21/h3-9H,10-12H2,1-2H3,(H,22,24). The van der Waals surface area contributed by atoms with E-state index >= 15 is 0 Å². The molecular weight excluding hydrogens is 385 g/mol. The van der Waals surface area contributed by atoms with Crippen molar-refractivity contribution in [1.29, 1.82) is 0 Å². The molecule has 0 unspecified atom stereocenters. The van der Waals surface area contributed by atoms with E-state index in [0.717, 1.165) is 5.56 Å². The van der Waals surface area contributed by atoms with Gasteiger partial charge in [0.05, 0.1) is 18.6 Å². The fraction of sp³-hybridized carbons (Fsp3) is 0.250. The molecule has 0 atom stereocenters. The molecule has 0 aromatic heterocycles. The van der Waals surface area contributed by atoms with Crippen molar-refractivity contribution < 1.29 is 28.2 Å². The number of hydrogen-bond donors (Lipinski definition) is 1. The Labute approximate surface area is 166 Å². The molecule has 1 N–H and O–H groups in total. The second-order valence-electron chi connectivity index (χ2n) is 5.76. The smallest absolute Gasteiger partial charge is 0.316 e. The molecule has 2 aromatic carbocycles. The van der Waals surface area contributed by atoms with Gasteiger partial charge in [0.25, 0.3) is 5.91 Å². The molecule has 28 heavy (non-hydrogen) atoms. The van der Waals surface area contributed by atoms with Crippen LogP contribution in [0.15, 0.2) is 42.5 Å². The van der Waals surface area contributed by atoms with Crippen molar-refractivity contribution in [3.8, 4) is 5.75 Å². The quantitative estimate of drug-likeness (QED) is 0.508. The minimum absolute atomic E-state index is 0.0143. The Bertz CT molecular complexity index is 871. The SMILES string of the molecule is COc1ccc(C(C)=O)cc1CSCC(=O)OCC(=O)Nc1ccccc1F. The molecule has 0 aliphatic carbocycles. The second-order valence-corrected chi connectivity index (χ2v) is 6.75. The summed E-state index contributed by atoms with van der Waals surface area (Å²) < 4.78 is 23.6. The number of rotatable bonds is 9. The molecule has 0 radical (unpaired) electrons. The Kier molecular flexibility index (Phi) is 8.01. The van der Waals surface area contributed by atoms with E-state index in [-0.39, 0.29) is 17.2 Å². The van der Waals surface area contributed by atoms with Gasteiger partial charge in [0.1, 0.15) is 11.6 Å². The van der Waals surface area contributed by atoms with Gasteiger partial charge in [-0.3, -0.25) is 14.4 Å². The lowest BCUT2D eigenvalue weighted by molar-refractivity contribution is -0.144. The Morgan fingerprint density at radius 1 is 1.14 bits per heavy atom. The summed E-state index contributed by atoms with van der Waals surface area (Å²) in [7, 11) is 1.53. The van der Waals surface area contributed by atoms with Gasteiger partial charge in [0.2, 0.25) is 0 Å². The first-order chi connectivity index (χ1) is 13.4. The van der Waals surface area contributed by atoms with Gasteiger partial charge in [-0.05, 0) is 37.3 Å². The molecule has 6 nitrogen and oxygen atoms in total. The molecule has 2 aromatic rings. The number of Topliss-reactive ketones (excluding diaryl/α,β-unsaturated/α-hetero) is 1. The number of carbonyl (C=O) groups is 3. The van der Waals surface area contributed by atoms with E-state index in [1.165, 1.54) is 44.0 Å². The van der Waals surface area contributed by atoms with Crippen LogP contribution < -0.4 is 10.1 Å². The van der Waals surface area contributed by atoms with E-state index in [0.29, 0.717) is 17.1 Å². The number of ketones is 1. The lowest BCUT2D eigenvalue weighted by Crippen LogP contribution is -2.22.